The van der Waals surface area contributed by atoms with E-state index in [9.17, 15) is 0 Å². The molecular weight excluding hydrogens is 304 g/mol. The highest BCUT2D eigenvalue weighted by atomic mass is 35.5. The van der Waals surface area contributed by atoms with Gasteiger partial charge in [-0.2, -0.15) is 0 Å². The third-order valence-corrected chi connectivity index (χ3v) is 4.86. The Hall–Kier alpha value is -1.35. The Bertz CT molecular complexity index is 589. The van der Waals surface area contributed by atoms with Gasteiger partial charge in [0.2, 0.25) is 0 Å². The van der Waals surface area contributed by atoms with Gasteiger partial charge in [0.25, 0.3) is 0 Å². The largest absolute Gasteiger partial charge is 0.301 e. The molecule has 0 N–H and O–H groups in total. The molecule has 0 spiro atoms. The maximum absolute atomic E-state index is 6.08. The molecule has 2 aromatic rings. The van der Waals surface area contributed by atoms with Crippen LogP contribution in [0.25, 0.3) is 0 Å². The first kappa shape index (κ1) is 16.5. The Labute approximate surface area is 144 Å². The van der Waals surface area contributed by atoms with Crippen molar-refractivity contribution in [3.8, 4) is 0 Å². The van der Waals surface area contributed by atoms with Crippen molar-refractivity contribution in [3.63, 3.8) is 0 Å². The zero-order valence-electron chi connectivity index (χ0n) is 13.8. The highest BCUT2D eigenvalue weighted by molar-refractivity contribution is 6.30. The first-order valence-corrected chi connectivity index (χ1v) is 8.92. The Kier molecular flexibility index (Phi) is 5.71. The highest BCUT2D eigenvalue weighted by Gasteiger charge is 2.25. The van der Waals surface area contributed by atoms with E-state index in [4.69, 9.17) is 11.6 Å². The van der Waals surface area contributed by atoms with E-state index in [1.807, 2.05) is 12.1 Å². The molecule has 3 heteroatoms. The molecule has 2 nitrogen and oxygen atoms in total. The van der Waals surface area contributed by atoms with E-state index >= 15 is 0 Å². The predicted molar refractivity (Wildman–Crippen MR) is 98.0 cm³/mol. The zero-order chi connectivity index (χ0) is 16.1. The number of rotatable bonds is 5. The second-order valence-corrected chi connectivity index (χ2v) is 6.68. The molecule has 0 amide bonds. The lowest BCUT2D eigenvalue weighted by Crippen LogP contribution is -2.47. The highest BCUT2D eigenvalue weighted by Crippen LogP contribution is 2.30. The molecule has 0 aliphatic carbocycles. The van der Waals surface area contributed by atoms with Crippen molar-refractivity contribution in [2.24, 2.45) is 0 Å². The van der Waals surface area contributed by atoms with Crippen LogP contribution in [0.3, 0.4) is 0 Å². The third kappa shape index (κ3) is 4.14. The summed E-state index contributed by atoms with van der Waals surface area (Å²) >= 11 is 6.08. The van der Waals surface area contributed by atoms with Crippen LogP contribution in [0.15, 0.2) is 54.6 Å². The molecular formula is C20H25ClN2. The van der Waals surface area contributed by atoms with Crippen LogP contribution in [0, 0.1) is 0 Å². The fourth-order valence-electron chi connectivity index (χ4n) is 3.46. The summed E-state index contributed by atoms with van der Waals surface area (Å²) in [5.41, 5.74) is 2.68. The number of piperazine rings is 1. The third-order valence-electron chi connectivity index (χ3n) is 4.61. The molecule has 1 unspecified atom stereocenters. The van der Waals surface area contributed by atoms with Gasteiger partial charge >= 0.3 is 0 Å². The van der Waals surface area contributed by atoms with Crippen LogP contribution in [0.1, 0.15) is 30.5 Å². The summed E-state index contributed by atoms with van der Waals surface area (Å²) < 4.78 is 0. The fourth-order valence-corrected chi connectivity index (χ4v) is 3.58. The topological polar surface area (TPSA) is 6.48 Å². The average molecular weight is 329 g/mol. The minimum Gasteiger partial charge on any atom is -0.301 e. The summed E-state index contributed by atoms with van der Waals surface area (Å²) in [5.74, 6) is 0. The summed E-state index contributed by atoms with van der Waals surface area (Å²) in [5, 5.41) is 0.799. The van der Waals surface area contributed by atoms with Gasteiger partial charge < -0.3 is 4.90 Å². The molecule has 1 atom stereocenters. The maximum Gasteiger partial charge on any atom is 0.0602 e. The van der Waals surface area contributed by atoms with Crippen molar-refractivity contribution in [3.05, 3.63) is 70.7 Å². The smallest absolute Gasteiger partial charge is 0.0602 e. The molecule has 1 heterocycles. The zero-order valence-corrected chi connectivity index (χ0v) is 14.5. The van der Waals surface area contributed by atoms with Gasteiger partial charge in [-0.05, 0) is 36.2 Å². The normalized spacial score (nSPS) is 18.0. The lowest BCUT2D eigenvalue weighted by atomic mass is 9.96. The molecule has 1 aliphatic rings. The summed E-state index contributed by atoms with van der Waals surface area (Å²) in [4.78, 5) is 5.17. The van der Waals surface area contributed by atoms with Gasteiger partial charge in [-0.15, -0.1) is 0 Å². The number of hydrogen-bond acceptors (Lipinski definition) is 2. The van der Waals surface area contributed by atoms with E-state index in [1.165, 1.54) is 24.1 Å². The number of halogens is 1. The Morgan fingerprint density at radius 2 is 1.48 bits per heavy atom. The van der Waals surface area contributed by atoms with Gasteiger partial charge in [-0.1, -0.05) is 61.0 Å². The molecule has 2 aromatic carbocycles. The Morgan fingerprint density at radius 3 is 2.09 bits per heavy atom. The van der Waals surface area contributed by atoms with E-state index in [2.05, 4.69) is 59.2 Å². The fraction of sp³-hybridized carbons (Fsp3) is 0.400. The summed E-state index contributed by atoms with van der Waals surface area (Å²) in [7, 11) is 0. The van der Waals surface area contributed by atoms with E-state index in [0.29, 0.717) is 6.04 Å². The first-order chi connectivity index (χ1) is 11.3. The van der Waals surface area contributed by atoms with Crippen LogP contribution >= 0.6 is 11.6 Å². The molecule has 0 bridgehead atoms. The monoisotopic (exact) mass is 328 g/mol. The molecule has 1 saturated heterocycles. The van der Waals surface area contributed by atoms with Gasteiger partial charge in [-0.3, -0.25) is 4.90 Å². The summed E-state index contributed by atoms with van der Waals surface area (Å²) in [6.45, 7) is 8.01. The van der Waals surface area contributed by atoms with Gasteiger partial charge in [0.15, 0.2) is 0 Å². The van der Waals surface area contributed by atoms with E-state index in [-0.39, 0.29) is 0 Å². The Morgan fingerprint density at radius 1 is 0.870 bits per heavy atom. The lowest BCUT2D eigenvalue weighted by Gasteiger charge is -2.39. The Balaban J connectivity index is 1.83. The van der Waals surface area contributed by atoms with Crippen molar-refractivity contribution < 1.29 is 0 Å². The molecule has 0 aromatic heterocycles. The van der Waals surface area contributed by atoms with Crippen molar-refractivity contribution in [2.45, 2.75) is 19.4 Å². The van der Waals surface area contributed by atoms with E-state index in [1.54, 1.807) is 0 Å². The molecule has 0 radical (unpaired) electrons. The van der Waals surface area contributed by atoms with Gasteiger partial charge in [0.05, 0.1) is 6.04 Å². The number of benzene rings is 2. The quantitative estimate of drug-likeness (QED) is 0.799. The number of nitrogens with zero attached hydrogens (tertiary/aromatic N) is 2. The maximum atomic E-state index is 6.08. The van der Waals surface area contributed by atoms with Crippen molar-refractivity contribution in [1.29, 1.82) is 0 Å². The molecule has 1 fully saturated rings. The average Bonchev–Trinajstić information content (AvgIpc) is 2.60. The van der Waals surface area contributed by atoms with Gasteiger partial charge in [0.1, 0.15) is 0 Å². The predicted octanol–water partition coefficient (Wildman–Crippen LogP) is 4.46. The van der Waals surface area contributed by atoms with Crippen molar-refractivity contribution >= 4 is 11.6 Å². The number of hydrogen-bond donors (Lipinski definition) is 0. The van der Waals surface area contributed by atoms with Gasteiger partial charge in [0, 0.05) is 31.2 Å². The van der Waals surface area contributed by atoms with Crippen molar-refractivity contribution in [1.82, 2.24) is 9.80 Å². The van der Waals surface area contributed by atoms with Gasteiger partial charge in [-0.25, -0.2) is 0 Å². The molecule has 1 aliphatic heterocycles. The first-order valence-electron chi connectivity index (χ1n) is 8.54. The van der Waals surface area contributed by atoms with Crippen LogP contribution in [0.4, 0.5) is 0 Å². The van der Waals surface area contributed by atoms with Crippen molar-refractivity contribution in [2.75, 3.05) is 32.7 Å². The SMILES string of the molecule is CCCN1CCN(C(c2ccccc2)c2ccc(Cl)cc2)CC1. The molecule has 3 rings (SSSR count). The lowest BCUT2D eigenvalue weighted by molar-refractivity contribution is 0.109. The summed E-state index contributed by atoms with van der Waals surface area (Å²) in [6.07, 6.45) is 1.24. The summed E-state index contributed by atoms with van der Waals surface area (Å²) in [6, 6.07) is 19.5. The van der Waals surface area contributed by atoms with Crippen LogP contribution in [0.5, 0.6) is 0 Å². The van der Waals surface area contributed by atoms with Crippen LogP contribution in [-0.4, -0.2) is 42.5 Å². The van der Waals surface area contributed by atoms with Crippen LogP contribution in [-0.2, 0) is 0 Å². The minimum atomic E-state index is 0.317. The molecule has 23 heavy (non-hydrogen) atoms. The molecule has 122 valence electrons. The minimum absolute atomic E-state index is 0.317. The second-order valence-electron chi connectivity index (χ2n) is 6.24. The standard InChI is InChI=1S/C20H25ClN2/c1-2-12-22-13-15-23(16-14-22)20(17-6-4-3-5-7-17)18-8-10-19(21)11-9-18/h3-11,20H,2,12-16H2,1H3. The van der Waals surface area contributed by atoms with Crippen LogP contribution < -0.4 is 0 Å². The van der Waals surface area contributed by atoms with Crippen LogP contribution in [0.2, 0.25) is 5.02 Å². The van der Waals surface area contributed by atoms with E-state index in [0.717, 1.165) is 31.2 Å². The molecule has 0 saturated carbocycles. The van der Waals surface area contributed by atoms with E-state index < -0.39 is 0 Å². The second kappa shape index (κ2) is 7.96.